The molecule has 2 unspecified atom stereocenters. The van der Waals surface area contributed by atoms with Gasteiger partial charge in [0.1, 0.15) is 19.1 Å². The van der Waals surface area contributed by atoms with E-state index in [2.05, 4.69) is 30.8 Å². The maximum Gasteiger partial charge on any atom is 0.196 e. The quantitative estimate of drug-likeness (QED) is 0.682. The van der Waals surface area contributed by atoms with Gasteiger partial charge in [-0.1, -0.05) is 26.2 Å². The van der Waals surface area contributed by atoms with E-state index in [-0.39, 0.29) is 18.0 Å². The second-order valence-electron chi connectivity index (χ2n) is 5.30. The summed E-state index contributed by atoms with van der Waals surface area (Å²) >= 11 is 0. The molecule has 0 saturated carbocycles. The summed E-state index contributed by atoms with van der Waals surface area (Å²) in [4.78, 5) is 9.14. The fourth-order valence-corrected chi connectivity index (χ4v) is 2.33. The van der Waals surface area contributed by atoms with Crippen molar-refractivity contribution >= 4 is 11.8 Å². The second-order valence-corrected chi connectivity index (χ2v) is 5.30. The molecule has 0 amide bonds. The van der Waals surface area contributed by atoms with Gasteiger partial charge in [-0.15, -0.1) is 0 Å². The molecule has 0 radical (unpaired) electrons. The average Bonchev–Trinajstić information content (AvgIpc) is 2.94. The lowest BCUT2D eigenvalue weighted by molar-refractivity contribution is 0.283. The molecule has 0 fully saturated rings. The molecule has 0 bridgehead atoms. The van der Waals surface area contributed by atoms with Gasteiger partial charge in [0.05, 0.1) is 12.1 Å². The molecule has 2 heterocycles. The first-order valence-electron chi connectivity index (χ1n) is 7.11. The third-order valence-electron chi connectivity index (χ3n) is 3.33. The van der Waals surface area contributed by atoms with Crippen LogP contribution in [0.15, 0.2) is 9.98 Å². The number of hydrogen-bond donors (Lipinski definition) is 0. The first kappa shape index (κ1) is 13.4. The van der Waals surface area contributed by atoms with Crippen LogP contribution in [0.25, 0.3) is 0 Å². The van der Waals surface area contributed by atoms with E-state index in [0.717, 1.165) is 18.2 Å². The van der Waals surface area contributed by atoms with Crippen molar-refractivity contribution in [2.24, 2.45) is 15.9 Å². The summed E-state index contributed by atoms with van der Waals surface area (Å²) in [5.41, 5.74) is 0. The zero-order chi connectivity index (χ0) is 13.0. The van der Waals surface area contributed by atoms with Crippen LogP contribution < -0.4 is 0 Å². The van der Waals surface area contributed by atoms with Gasteiger partial charge in [-0.2, -0.15) is 0 Å². The maximum atomic E-state index is 5.69. The van der Waals surface area contributed by atoms with Crippen molar-refractivity contribution in [2.45, 2.75) is 58.5 Å². The van der Waals surface area contributed by atoms with Crippen LogP contribution in [0.5, 0.6) is 0 Å². The summed E-state index contributed by atoms with van der Waals surface area (Å²) in [7, 11) is 0. The first-order valence-corrected chi connectivity index (χ1v) is 7.11. The summed E-state index contributed by atoms with van der Waals surface area (Å²) in [6, 6.07) is 0.543. The molecule has 18 heavy (non-hydrogen) atoms. The van der Waals surface area contributed by atoms with Crippen LogP contribution >= 0.6 is 0 Å². The number of unbranched alkanes of at least 4 members (excludes halogenated alkanes) is 2. The summed E-state index contributed by atoms with van der Waals surface area (Å²) in [5, 5.41) is 0. The van der Waals surface area contributed by atoms with E-state index in [1.165, 1.54) is 19.3 Å². The molecular formula is C14H24N2O2. The van der Waals surface area contributed by atoms with Gasteiger partial charge in [-0.05, 0) is 20.3 Å². The Morgan fingerprint density at radius 3 is 2.00 bits per heavy atom. The van der Waals surface area contributed by atoms with E-state index in [1.807, 2.05) is 0 Å². The van der Waals surface area contributed by atoms with E-state index >= 15 is 0 Å². The minimum Gasteiger partial charge on any atom is -0.478 e. The SMILES string of the molecule is CCCCCC(C1=NC(C)CO1)C1=NC(C)CO1. The smallest absolute Gasteiger partial charge is 0.196 e. The zero-order valence-corrected chi connectivity index (χ0v) is 11.7. The Hall–Kier alpha value is -1.06. The van der Waals surface area contributed by atoms with Crippen LogP contribution in [-0.4, -0.2) is 37.1 Å². The number of rotatable bonds is 6. The fourth-order valence-electron chi connectivity index (χ4n) is 2.33. The fraction of sp³-hybridized carbons (Fsp3) is 0.857. The highest BCUT2D eigenvalue weighted by Gasteiger charge is 2.32. The highest BCUT2D eigenvalue weighted by Crippen LogP contribution is 2.22. The minimum absolute atomic E-state index is 0.145. The Morgan fingerprint density at radius 2 is 1.61 bits per heavy atom. The van der Waals surface area contributed by atoms with Crippen LogP contribution in [0, 0.1) is 5.92 Å². The largest absolute Gasteiger partial charge is 0.478 e. The number of nitrogens with zero attached hydrogens (tertiary/aromatic N) is 2. The molecule has 4 nitrogen and oxygen atoms in total. The van der Waals surface area contributed by atoms with Crippen molar-refractivity contribution in [2.75, 3.05) is 13.2 Å². The molecule has 2 aliphatic rings. The van der Waals surface area contributed by atoms with Gasteiger partial charge in [0.15, 0.2) is 11.8 Å². The van der Waals surface area contributed by atoms with Gasteiger partial charge in [0.25, 0.3) is 0 Å². The molecule has 0 aliphatic carbocycles. The Kier molecular flexibility index (Phi) is 4.61. The van der Waals surface area contributed by atoms with Gasteiger partial charge in [-0.25, -0.2) is 9.98 Å². The molecule has 2 atom stereocenters. The monoisotopic (exact) mass is 252 g/mol. The average molecular weight is 252 g/mol. The molecule has 2 rings (SSSR count). The maximum absolute atomic E-state index is 5.69. The normalized spacial score (nSPS) is 28.4. The standard InChI is InChI=1S/C14H24N2O2/c1-4-5-6-7-12(13-15-10(2)8-17-13)14-16-11(3)9-18-14/h10-12H,4-9H2,1-3H3. The summed E-state index contributed by atoms with van der Waals surface area (Å²) < 4.78 is 11.4. The Bertz CT molecular complexity index is 311. The Labute approximate surface area is 109 Å². The lowest BCUT2D eigenvalue weighted by Gasteiger charge is -2.15. The molecular weight excluding hydrogens is 228 g/mol. The molecule has 4 heteroatoms. The summed E-state index contributed by atoms with van der Waals surface area (Å²) in [6.07, 6.45) is 4.67. The third kappa shape index (κ3) is 3.24. The zero-order valence-electron chi connectivity index (χ0n) is 11.7. The topological polar surface area (TPSA) is 43.2 Å². The van der Waals surface area contributed by atoms with Crippen LogP contribution in [0.2, 0.25) is 0 Å². The van der Waals surface area contributed by atoms with Gasteiger partial charge in [0.2, 0.25) is 0 Å². The molecule has 0 saturated heterocycles. The molecule has 0 aromatic rings. The van der Waals surface area contributed by atoms with Gasteiger partial charge in [0, 0.05) is 0 Å². The lowest BCUT2D eigenvalue weighted by Crippen LogP contribution is -2.25. The van der Waals surface area contributed by atoms with Crippen molar-refractivity contribution < 1.29 is 9.47 Å². The lowest BCUT2D eigenvalue weighted by atomic mass is 10.0. The van der Waals surface area contributed by atoms with E-state index in [1.54, 1.807) is 0 Å². The van der Waals surface area contributed by atoms with Crippen molar-refractivity contribution in [3.8, 4) is 0 Å². The highest BCUT2D eigenvalue weighted by molar-refractivity contribution is 6.01. The predicted octanol–water partition coefficient (Wildman–Crippen LogP) is 2.82. The summed E-state index contributed by atoms with van der Waals surface area (Å²) in [6.45, 7) is 7.77. The van der Waals surface area contributed by atoms with Crippen LogP contribution in [0.4, 0.5) is 0 Å². The van der Waals surface area contributed by atoms with Crippen LogP contribution in [0.3, 0.4) is 0 Å². The minimum atomic E-state index is 0.145. The third-order valence-corrected chi connectivity index (χ3v) is 3.33. The number of ether oxygens (including phenoxy) is 2. The van der Waals surface area contributed by atoms with Gasteiger partial charge >= 0.3 is 0 Å². The molecule has 0 aromatic heterocycles. The second kappa shape index (κ2) is 6.21. The first-order chi connectivity index (χ1) is 8.70. The van der Waals surface area contributed by atoms with E-state index in [0.29, 0.717) is 13.2 Å². The van der Waals surface area contributed by atoms with Crippen molar-refractivity contribution in [1.82, 2.24) is 0 Å². The van der Waals surface area contributed by atoms with Crippen molar-refractivity contribution in [3.05, 3.63) is 0 Å². The highest BCUT2D eigenvalue weighted by atomic mass is 16.5. The van der Waals surface area contributed by atoms with Crippen LogP contribution in [0.1, 0.15) is 46.5 Å². The number of aliphatic imine (C=N–C) groups is 2. The van der Waals surface area contributed by atoms with Gasteiger partial charge < -0.3 is 9.47 Å². The van der Waals surface area contributed by atoms with Crippen molar-refractivity contribution in [1.29, 1.82) is 0 Å². The van der Waals surface area contributed by atoms with Gasteiger partial charge in [-0.3, -0.25) is 0 Å². The molecule has 2 aliphatic heterocycles. The van der Waals surface area contributed by atoms with E-state index in [4.69, 9.17) is 9.47 Å². The molecule has 0 aromatic carbocycles. The number of hydrogen-bond acceptors (Lipinski definition) is 4. The van der Waals surface area contributed by atoms with Crippen molar-refractivity contribution in [3.63, 3.8) is 0 Å². The molecule has 102 valence electrons. The molecule has 0 spiro atoms. The Morgan fingerprint density at radius 1 is 1.06 bits per heavy atom. The summed E-state index contributed by atoms with van der Waals surface area (Å²) in [5.74, 6) is 1.82. The predicted molar refractivity (Wildman–Crippen MR) is 73.3 cm³/mol. The van der Waals surface area contributed by atoms with E-state index in [9.17, 15) is 0 Å². The molecule has 0 N–H and O–H groups in total. The Balaban J connectivity index is 2.03. The van der Waals surface area contributed by atoms with E-state index < -0.39 is 0 Å². The van der Waals surface area contributed by atoms with Crippen LogP contribution in [-0.2, 0) is 9.47 Å².